The fourth-order valence-corrected chi connectivity index (χ4v) is 2.21. The van der Waals surface area contributed by atoms with Gasteiger partial charge in [0.05, 0.1) is 12.7 Å². The van der Waals surface area contributed by atoms with Crippen LogP contribution in [-0.4, -0.2) is 56.1 Å². The fraction of sp³-hybridized carbons (Fsp3) is 0.467. The maximum absolute atomic E-state index is 12.0. The summed E-state index contributed by atoms with van der Waals surface area (Å²) in [4.78, 5) is 25.1. The Morgan fingerprint density at radius 3 is 2.67 bits per heavy atom. The third-order valence-electron chi connectivity index (χ3n) is 3.30. The van der Waals surface area contributed by atoms with Gasteiger partial charge in [0, 0.05) is 37.8 Å². The molecule has 0 saturated carbocycles. The molecule has 0 spiro atoms. The van der Waals surface area contributed by atoms with Crippen LogP contribution in [0.15, 0.2) is 24.3 Å². The predicted octanol–water partition coefficient (Wildman–Crippen LogP) is 0.705. The number of ether oxygens (including phenoxy) is 1. The van der Waals surface area contributed by atoms with Gasteiger partial charge < -0.3 is 20.3 Å². The number of nitrogens with one attached hydrogen (secondary N) is 2. The summed E-state index contributed by atoms with van der Waals surface area (Å²) in [6.07, 6.45) is 0.0337. The van der Waals surface area contributed by atoms with Gasteiger partial charge in [-0.1, -0.05) is 0 Å². The van der Waals surface area contributed by atoms with Crippen LogP contribution in [0.2, 0.25) is 0 Å². The van der Waals surface area contributed by atoms with Crippen molar-refractivity contribution in [3.63, 3.8) is 0 Å². The zero-order valence-electron chi connectivity index (χ0n) is 12.4. The van der Waals surface area contributed by atoms with E-state index in [1.54, 1.807) is 24.3 Å². The number of morpholine rings is 1. The fourth-order valence-electron chi connectivity index (χ4n) is 2.21. The third-order valence-corrected chi connectivity index (χ3v) is 3.30. The number of benzene rings is 1. The SMILES string of the molecule is CC(=O)Nc1ccc(C(=O)NCC2CN(C)CCO2)cc1. The third kappa shape index (κ3) is 4.84. The van der Waals surface area contributed by atoms with Gasteiger partial charge in [-0.25, -0.2) is 0 Å². The van der Waals surface area contributed by atoms with Crippen LogP contribution >= 0.6 is 0 Å². The number of carbonyl (C=O) groups is 2. The average molecular weight is 291 g/mol. The van der Waals surface area contributed by atoms with Crippen LogP contribution in [-0.2, 0) is 9.53 Å². The predicted molar refractivity (Wildman–Crippen MR) is 80.3 cm³/mol. The summed E-state index contributed by atoms with van der Waals surface area (Å²) >= 11 is 0. The average Bonchev–Trinajstić information content (AvgIpc) is 2.45. The zero-order chi connectivity index (χ0) is 15.2. The minimum atomic E-state index is -0.138. The van der Waals surface area contributed by atoms with E-state index in [-0.39, 0.29) is 17.9 Å². The van der Waals surface area contributed by atoms with Crippen LogP contribution in [0.5, 0.6) is 0 Å². The molecule has 114 valence electrons. The molecule has 1 saturated heterocycles. The molecule has 0 aromatic heterocycles. The van der Waals surface area contributed by atoms with E-state index < -0.39 is 0 Å². The van der Waals surface area contributed by atoms with Crippen molar-refractivity contribution in [2.24, 2.45) is 0 Å². The summed E-state index contributed by atoms with van der Waals surface area (Å²) in [5.74, 6) is -0.271. The quantitative estimate of drug-likeness (QED) is 0.857. The summed E-state index contributed by atoms with van der Waals surface area (Å²) in [6.45, 7) is 4.39. The van der Waals surface area contributed by atoms with Crippen molar-refractivity contribution in [2.75, 3.05) is 38.6 Å². The van der Waals surface area contributed by atoms with Gasteiger partial charge in [-0.2, -0.15) is 0 Å². The molecule has 2 N–H and O–H groups in total. The van der Waals surface area contributed by atoms with Crippen LogP contribution in [0, 0.1) is 0 Å². The lowest BCUT2D eigenvalue weighted by Crippen LogP contribution is -2.45. The summed E-state index contributed by atoms with van der Waals surface area (Å²) in [5, 5.41) is 5.53. The minimum absolute atomic E-state index is 0.0337. The number of hydrogen-bond donors (Lipinski definition) is 2. The van der Waals surface area contributed by atoms with Crippen LogP contribution in [0.25, 0.3) is 0 Å². The van der Waals surface area contributed by atoms with Crippen molar-refractivity contribution in [2.45, 2.75) is 13.0 Å². The molecule has 1 fully saturated rings. The van der Waals surface area contributed by atoms with Crippen LogP contribution in [0.3, 0.4) is 0 Å². The molecule has 1 heterocycles. The molecule has 6 nitrogen and oxygen atoms in total. The van der Waals surface area contributed by atoms with E-state index in [4.69, 9.17) is 4.74 Å². The zero-order valence-corrected chi connectivity index (χ0v) is 12.4. The molecule has 0 radical (unpaired) electrons. The first-order chi connectivity index (χ1) is 10.0. The highest BCUT2D eigenvalue weighted by molar-refractivity contribution is 5.95. The van der Waals surface area contributed by atoms with Gasteiger partial charge >= 0.3 is 0 Å². The van der Waals surface area contributed by atoms with Crippen molar-refractivity contribution in [3.8, 4) is 0 Å². The number of anilines is 1. The van der Waals surface area contributed by atoms with E-state index in [9.17, 15) is 9.59 Å². The Morgan fingerprint density at radius 1 is 1.33 bits per heavy atom. The molecular formula is C15H21N3O3. The van der Waals surface area contributed by atoms with Gasteiger partial charge in [0.15, 0.2) is 0 Å². The van der Waals surface area contributed by atoms with Gasteiger partial charge in [-0.15, -0.1) is 0 Å². The van der Waals surface area contributed by atoms with Crippen LogP contribution < -0.4 is 10.6 Å². The van der Waals surface area contributed by atoms with Crippen molar-refractivity contribution in [3.05, 3.63) is 29.8 Å². The Morgan fingerprint density at radius 2 is 2.05 bits per heavy atom. The lowest BCUT2D eigenvalue weighted by molar-refractivity contribution is -0.114. The van der Waals surface area contributed by atoms with Crippen molar-refractivity contribution < 1.29 is 14.3 Å². The van der Waals surface area contributed by atoms with Crippen LogP contribution in [0.4, 0.5) is 5.69 Å². The maximum Gasteiger partial charge on any atom is 0.251 e. The molecule has 1 aromatic carbocycles. The summed E-state index contributed by atoms with van der Waals surface area (Å²) < 4.78 is 5.59. The number of hydrogen-bond acceptors (Lipinski definition) is 4. The minimum Gasteiger partial charge on any atom is -0.374 e. The number of nitrogens with zero attached hydrogens (tertiary/aromatic N) is 1. The molecule has 1 aliphatic rings. The van der Waals surface area contributed by atoms with Crippen molar-refractivity contribution >= 4 is 17.5 Å². The highest BCUT2D eigenvalue weighted by Gasteiger charge is 2.18. The van der Waals surface area contributed by atoms with Gasteiger partial charge in [0.25, 0.3) is 5.91 Å². The molecule has 1 aromatic rings. The molecule has 0 aliphatic carbocycles. The van der Waals surface area contributed by atoms with E-state index in [2.05, 4.69) is 15.5 Å². The first-order valence-electron chi connectivity index (χ1n) is 7.00. The Kier molecular flexibility index (Phi) is 5.30. The molecule has 2 rings (SSSR count). The summed E-state index contributed by atoms with van der Waals surface area (Å²) in [6, 6.07) is 6.80. The molecular weight excluding hydrogens is 270 g/mol. The molecule has 2 amide bonds. The second kappa shape index (κ2) is 7.19. The molecule has 6 heteroatoms. The highest BCUT2D eigenvalue weighted by Crippen LogP contribution is 2.09. The van der Waals surface area contributed by atoms with E-state index in [1.807, 2.05) is 7.05 Å². The Balaban J connectivity index is 1.84. The van der Waals surface area contributed by atoms with Gasteiger partial charge in [-0.05, 0) is 31.3 Å². The number of rotatable bonds is 4. The molecule has 21 heavy (non-hydrogen) atoms. The smallest absolute Gasteiger partial charge is 0.251 e. The maximum atomic E-state index is 12.0. The second-order valence-corrected chi connectivity index (χ2v) is 5.22. The van der Waals surface area contributed by atoms with E-state index >= 15 is 0 Å². The summed E-state index contributed by atoms with van der Waals surface area (Å²) in [7, 11) is 2.04. The van der Waals surface area contributed by atoms with Gasteiger partial charge in [0.1, 0.15) is 0 Å². The highest BCUT2D eigenvalue weighted by atomic mass is 16.5. The van der Waals surface area contributed by atoms with Gasteiger partial charge in [0.2, 0.25) is 5.91 Å². The molecule has 1 unspecified atom stereocenters. The Labute approximate surface area is 124 Å². The van der Waals surface area contributed by atoms with Crippen molar-refractivity contribution in [1.29, 1.82) is 0 Å². The first-order valence-corrected chi connectivity index (χ1v) is 7.00. The largest absolute Gasteiger partial charge is 0.374 e. The van der Waals surface area contributed by atoms with E-state index in [0.29, 0.717) is 24.4 Å². The number of carbonyl (C=O) groups excluding carboxylic acids is 2. The first kappa shape index (κ1) is 15.5. The monoisotopic (exact) mass is 291 g/mol. The number of likely N-dealkylation sites (N-methyl/N-ethyl adjacent to an activating group) is 1. The normalized spacial score (nSPS) is 19.0. The molecule has 1 aliphatic heterocycles. The second-order valence-electron chi connectivity index (χ2n) is 5.22. The van der Waals surface area contributed by atoms with Crippen molar-refractivity contribution in [1.82, 2.24) is 10.2 Å². The lowest BCUT2D eigenvalue weighted by atomic mass is 10.2. The van der Waals surface area contributed by atoms with E-state index in [1.165, 1.54) is 6.92 Å². The lowest BCUT2D eigenvalue weighted by Gasteiger charge is -2.30. The molecule has 0 bridgehead atoms. The Hall–Kier alpha value is -1.92. The summed E-state index contributed by atoms with van der Waals surface area (Å²) in [5.41, 5.74) is 1.24. The van der Waals surface area contributed by atoms with Gasteiger partial charge in [-0.3, -0.25) is 9.59 Å². The molecule has 1 atom stereocenters. The standard InChI is InChI=1S/C15H21N3O3/c1-11(19)17-13-5-3-12(4-6-13)15(20)16-9-14-10-18(2)7-8-21-14/h3-6,14H,7-10H2,1-2H3,(H,16,20)(H,17,19). The topological polar surface area (TPSA) is 70.7 Å². The Bertz CT molecular complexity index is 501. The van der Waals surface area contributed by atoms with E-state index in [0.717, 1.165) is 13.1 Å². The van der Waals surface area contributed by atoms with Crippen LogP contribution in [0.1, 0.15) is 17.3 Å². The number of amides is 2.